The molecule has 0 spiro atoms. The van der Waals surface area contributed by atoms with Crippen molar-refractivity contribution in [2.45, 2.75) is 21.6 Å². The summed E-state index contributed by atoms with van der Waals surface area (Å²) < 4.78 is 0. The summed E-state index contributed by atoms with van der Waals surface area (Å²) in [4.78, 5) is 8.59. The van der Waals surface area contributed by atoms with Crippen LogP contribution in [0.25, 0.3) is 0 Å². The molecule has 0 bridgehead atoms. The highest BCUT2D eigenvalue weighted by Gasteiger charge is 2.12. The first-order valence-corrected chi connectivity index (χ1v) is 9.46. The second kappa shape index (κ2) is 8.08. The van der Waals surface area contributed by atoms with Crippen molar-refractivity contribution >= 4 is 35.2 Å². The van der Waals surface area contributed by atoms with Crippen molar-refractivity contribution in [1.82, 2.24) is 9.97 Å². The minimum atomic E-state index is 0.260. The largest absolute Gasteiger partial charge is 0.394 e. The number of nitrogen functional groups attached to an aromatic ring is 2. The fraction of sp³-hybridized carbons (Fsp3) is 0.111. The molecule has 122 valence electrons. The Hall–Kier alpha value is -2.18. The van der Waals surface area contributed by atoms with Gasteiger partial charge in [0.25, 0.3) is 0 Å². The van der Waals surface area contributed by atoms with Crippen LogP contribution < -0.4 is 11.5 Å². The minimum Gasteiger partial charge on any atom is -0.394 e. The summed E-state index contributed by atoms with van der Waals surface area (Å²) in [5.41, 5.74) is 15.2. The van der Waals surface area contributed by atoms with E-state index in [0.29, 0.717) is 5.69 Å². The topological polar surface area (TPSA) is 77.8 Å². The van der Waals surface area contributed by atoms with E-state index in [1.165, 1.54) is 11.1 Å². The predicted molar refractivity (Wildman–Crippen MR) is 103 cm³/mol. The molecule has 0 aliphatic rings. The van der Waals surface area contributed by atoms with Crippen molar-refractivity contribution in [2.75, 3.05) is 11.5 Å². The zero-order valence-corrected chi connectivity index (χ0v) is 14.7. The number of benzene rings is 2. The first-order chi connectivity index (χ1) is 11.7. The van der Waals surface area contributed by atoms with Gasteiger partial charge in [-0.05, 0) is 11.1 Å². The maximum atomic E-state index is 6.26. The number of thioether (sulfide) groups is 2. The second-order valence-electron chi connectivity index (χ2n) is 5.15. The predicted octanol–water partition coefficient (Wildman–Crippen LogP) is 4.23. The van der Waals surface area contributed by atoms with E-state index in [4.69, 9.17) is 11.5 Å². The molecule has 1 aromatic heterocycles. The minimum absolute atomic E-state index is 0.260. The third-order valence-electron chi connectivity index (χ3n) is 3.33. The number of nitrogens with zero attached hydrogens (tertiary/aromatic N) is 2. The molecule has 0 amide bonds. The van der Waals surface area contributed by atoms with Crippen molar-refractivity contribution in [3.05, 3.63) is 71.8 Å². The van der Waals surface area contributed by atoms with E-state index in [0.717, 1.165) is 21.6 Å². The number of aromatic nitrogens is 2. The molecule has 24 heavy (non-hydrogen) atoms. The molecular weight excluding hydrogens is 336 g/mol. The summed E-state index contributed by atoms with van der Waals surface area (Å²) in [5.74, 6) is 1.85. The van der Waals surface area contributed by atoms with Gasteiger partial charge in [0.05, 0.1) is 5.69 Å². The molecule has 4 nitrogen and oxygen atoms in total. The molecule has 2 aromatic carbocycles. The van der Waals surface area contributed by atoms with Gasteiger partial charge in [-0.15, -0.1) is 0 Å². The van der Waals surface area contributed by atoms with Crippen molar-refractivity contribution in [3.8, 4) is 0 Å². The van der Waals surface area contributed by atoms with E-state index in [1.54, 1.807) is 23.5 Å². The van der Waals surface area contributed by atoms with Crippen LogP contribution in [0, 0.1) is 0 Å². The summed E-state index contributed by atoms with van der Waals surface area (Å²) in [7, 11) is 0. The van der Waals surface area contributed by atoms with Crippen LogP contribution in [0.3, 0.4) is 0 Å². The van der Waals surface area contributed by atoms with Crippen LogP contribution in [0.5, 0.6) is 0 Å². The molecule has 0 aliphatic carbocycles. The van der Waals surface area contributed by atoms with Crippen LogP contribution in [0.1, 0.15) is 11.1 Å². The number of rotatable bonds is 6. The van der Waals surface area contributed by atoms with Gasteiger partial charge in [0.15, 0.2) is 0 Å². The molecule has 3 aromatic rings. The average molecular weight is 355 g/mol. The molecule has 6 heteroatoms. The van der Waals surface area contributed by atoms with Crippen LogP contribution in [0.15, 0.2) is 70.7 Å². The molecule has 0 unspecified atom stereocenters. The molecule has 0 saturated carbocycles. The molecule has 0 radical (unpaired) electrons. The van der Waals surface area contributed by atoms with Gasteiger partial charge in [-0.3, -0.25) is 0 Å². The van der Waals surface area contributed by atoms with Gasteiger partial charge in [0.2, 0.25) is 5.95 Å². The molecule has 0 fully saturated rings. The van der Waals surface area contributed by atoms with Crippen molar-refractivity contribution < 1.29 is 0 Å². The number of hydrogen-bond donors (Lipinski definition) is 2. The second-order valence-corrected chi connectivity index (χ2v) is 7.08. The lowest BCUT2D eigenvalue weighted by Crippen LogP contribution is -2.03. The standard InChI is InChI=1S/C18H18N4S2/c19-15-16(23-11-13-7-3-1-4-8-13)21-18(20)22-17(15)24-12-14-9-5-2-6-10-14/h1-10H,11-12,19H2,(H2,20,21,22). The van der Waals surface area contributed by atoms with E-state index >= 15 is 0 Å². The van der Waals surface area contributed by atoms with Crippen molar-refractivity contribution in [1.29, 1.82) is 0 Å². The summed E-state index contributed by atoms with van der Waals surface area (Å²) in [5, 5.41) is 1.48. The highest BCUT2D eigenvalue weighted by molar-refractivity contribution is 7.99. The van der Waals surface area contributed by atoms with E-state index in [2.05, 4.69) is 34.2 Å². The Morgan fingerprint density at radius 2 is 1.08 bits per heavy atom. The fourth-order valence-electron chi connectivity index (χ4n) is 2.12. The monoisotopic (exact) mass is 354 g/mol. The molecule has 0 saturated heterocycles. The van der Waals surface area contributed by atoms with Crippen LogP contribution in [-0.2, 0) is 11.5 Å². The van der Waals surface area contributed by atoms with E-state index in [9.17, 15) is 0 Å². The van der Waals surface area contributed by atoms with Crippen molar-refractivity contribution in [3.63, 3.8) is 0 Å². The Bertz CT molecular complexity index is 730. The lowest BCUT2D eigenvalue weighted by Gasteiger charge is -2.10. The van der Waals surface area contributed by atoms with Crippen LogP contribution in [0.2, 0.25) is 0 Å². The smallest absolute Gasteiger partial charge is 0.222 e. The Kier molecular flexibility index (Phi) is 5.61. The van der Waals surface area contributed by atoms with E-state index in [1.807, 2.05) is 36.4 Å². The SMILES string of the molecule is Nc1nc(SCc2ccccc2)c(N)c(SCc2ccccc2)n1. The summed E-state index contributed by atoms with van der Waals surface area (Å²) >= 11 is 3.16. The normalized spacial score (nSPS) is 10.7. The molecular formula is C18H18N4S2. The van der Waals surface area contributed by atoms with E-state index in [-0.39, 0.29) is 5.95 Å². The Morgan fingerprint density at radius 1 is 0.667 bits per heavy atom. The van der Waals surface area contributed by atoms with Crippen molar-refractivity contribution in [2.24, 2.45) is 0 Å². The summed E-state index contributed by atoms with van der Waals surface area (Å²) in [6, 6.07) is 20.4. The third kappa shape index (κ3) is 4.43. The van der Waals surface area contributed by atoms with Gasteiger partial charge in [-0.25, -0.2) is 9.97 Å². The average Bonchev–Trinajstić information content (AvgIpc) is 2.62. The quantitative estimate of drug-likeness (QED) is 0.509. The third-order valence-corrected chi connectivity index (χ3v) is 5.45. The maximum Gasteiger partial charge on any atom is 0.222 e. The first kappa shape index (κ1) is 16.7. The number of nitrogens with two attached hydrogens (primary N) is 2. The van der Waals surface area contributed by atoms with Crippen LogP contribution in [-0.4, -0.2) is 9.97 Å². The zero-order chi connectivity index (χ0) is 16.8. The van der Waals surface area contributed by atoms with Gasteiger partial charge < -0.3 is 11.5 Å². The highest BCUT2D eigenvalue weighted by Crippen LogP contribution is 2.34. The Morgan fingerprint density at radius 3 is 1.50 bits per heavy atom. The summed E-state index contributed by atoms with van der Waals surface area (Å²) in [6.45, 7) is 0. The Balaban J connectivity index is 1.72. The lowest BCUT2D eigenvalue weighted by molar-refractivity contribution is 0.992. The van der Waals surface area contributed by atoms with Gasteiger partial charge >= 0.3 is 0 Å². The van der Waals surface area contributed by atoms with Gasteiger partial charge in [0.1, 0.15) is 10.1 Å². The van der Waals surface area contributed by atoms with Gasteiger partial charge in [-0.2, -0.15) is 0 Å². The van der Waals surface area contributed by atoms with Crippen LogP contribution >= 0.6 is 23.5 Å². The molecule has 1 heterocycles. The summed E-state index contributed by atoms with van der Waals surface area (Å²) in [6.07, 6.45) is 0. The zero-order valence-electron chi connectivity index (χ0n) is 13.1. The molecule has 3 rings (SSSR count). The number of anilines is 2. The molecule has 0 atom stereocenters. The Labute approximate surface area is 150 Å². The molecule has 4 N–H and O–H groups in total. The number of hydrogen-bond acceptors (Lipinski definition) is 6. The van der Waals surface area contributed by atoms with Crippen LogP contribution in [0.4, 0.5) is 11.6 Å². The lowest BCUT2D eigenvalue weighted by atomic mass is 10.2. The fourth-order valence-corrected chi connectivity index (χ4v) is 3.99. The van der Waals surface area contributed by atoms with E-state index < -0.39 is 0 Å². The van der Waals surface area contributed by atoms with Gasteiger partial charge in [0, 0.05) is 11.5 Å². The maximum absolute atomic E-state index is 6.26. The highest BCUT2D eigenvalue weighted by atomic mass is 32.2. The molecule has 0 aliphatic heterocycles. The first-order valence-electron chi connectivity index (χ1n) is 7.49. The van der Waals surface area contributed by atoms with Gasteiger partial charge in [-0.1, -0.05) is 84.2 Å².